The van der Waals surface area contributed by atoms with Gasteiger partial charge in [0.1, 0.15) is 0 Å². The quantitative estimate of drug-likeness (QED) is 0.429. The summed E-state index contributed by atoms with van der Waals surface area (Å²) in [6, 6.07) is 7.99. The van der Waals surface area contributed by atoms with Crippen LogP contribution in [0.3, 0.4) is 0 Å². The Labute approximate surface area is 121 Å². The molecule has 112 valence electrons. The van der Waals surface area contributed by atoms with Crippen molar-refractivity contribution >= 4 is 11.7 Å². The van der Waals surface area contributed by atoms with Gasteiger partial charge in [0, 0.05) is 18.7 Å². The summed E-state index contributed by atoms with van der Waals surface area (Å²) < 4.78 is 4.90. The maximum absolute atomic E-state index is 11.2. The number of nitrogen functional groups attached to an aromatic ring is 1. The van der Waals surface area contributed by atoms with E-state index in [2.05, 4.69) is 18.0 Å². The lowest BCUT2D eigenvalue weighted by molar-refractivity contribution is -0.143. The van der Waals surface area contributed by atoms with Crippen molar-refractivity contribution in [3.05, 3.63) is 29.8 Å². The van der Waals surface area contributed by atoms with E-state index in [1.807, 2.05) is 25.1 Å². The molecule has 0 aliphatic heterocycles. The van der Waals surface area contributed by atoms with Gasteiger partial charge >= 0.3 is 5.97 Å². The maximum atomic E-state index is 11.2. The molecule has 0 heterocycles. The Morgan fingerprint density at radius 1 is 1.30 bits per heavy atom. The molecule has 0 radical (unpaired) electrons. The minimum absolute atomic E-state index is 0.0828. The van der Waals surface area contributed by atoms with Crippen LogP contribution in [-0.4, -0.2) is 31.1 Å². The van der Waals surface area contributed by atoms with E-state index < -0.39 is 0 Å². The molecule has 1 aromatic rings. The molecule has 0 bridgehead atoms. The molecule has 4 nitrogen and oxygen atoms in total. The highest BCUT2D eigenvalue weighted by Crippen LogP contribution is 2.10. The van der Waals surface area contributed by atoms with E-state index in [9.17, 15) is 4.79 Å². The average Bonchev–Trinajstić information content (AvgIpc) is 2.38. The summed E-state index contributed by atoms with van der Waals surface area (Å²) in [5.74, 6) is -0.0828. The van der Waals surface area contributed by atoms with Crippen LogP contribution in [0.2, 0.25) is 0 Å². The summed E-state index contributed by atoms with van der Waals surface area (Å²) in [6.07, 6.45) is 3.59. The molecule has 0 amide bonds. The molecule has 0 fully saturated rings. The number of hydrogen-bond donors (Lipinski definition) is 1. The Morgan fingerprint density at radius 3 is 2.80 bits per heavy atom. The third-order valence-electron chi connectivity index (χ3n) is 3.13. The minimum atomic E-state index is -0.0828. The van der Waals surface area contributed by atoms with Crippen LogP contribution in [0, 0.1) is 0 Å². The second-order valence-electron chi connectivity index (χ2n) is 5.10. The Bertz CT molecular complexity index is 407. The Morgan fingerprint density at radius 2 is 2.10 bits per heavy atom. The zero-order chi connectivity index (χ0) is 14.8. The second-order valence-corrected chi connectivity index (χ2v) is 5.10. The van der Waals surface area contributed by atoms with E-state index >= 15 is 0 Å². The van der Waals surface area contributed by atoms with Gasteiger partial charge in [-0.05, 0) is 51.1 Å². The predicted molar refractivity (Wildman–Crippen MR) is 82.3 cm³/mol. The van der Waals surface area contributed by atoms with E-state index in [0.29, 0.717) is 13.0 Å². The first-order valence-corrected chi connectivity index (χ1v) is 7.30. The molecule has 0 aliphatic rings. The number of carbonyl (C=O) groups excluding carboxylic acids is 1. The van der Waals surface area contributed by atoms with Gasteiger partial charge in [0.05, 0.1) is 6.61 Å². The van der Waals surface area contributed by atoms with Gasteiger partial charge in [0.25, 0.3) is 0 Å². The number of esters is 1. The third kappa shape index (κ3) is 7.14. The lowest BCUT2D eigenvalue weighted by Crippen LogP contribution is -2.19. The Kier molecular flexibility index (Phi) is 7.73. The van der Waals surface area contributed by atoms with Crippen molar-refractivity contribution in [2.75, 3.05) is 25.9 Å². The largest absolute Gasteiger partial charge is 0.466 e. The average molecular weight is 278 g/mol. The summed E-state index contributed by atoms with van der Waals surface area (Å²) in [4.78, 5) is 13.4. The topological polar surface area (TPSA) is 55.6 Å². The first-order chi connectivity index (χ1) is 9.61. The number of rotatable bonds is 9. The van der Waals surface area contributed by atoms with Crippen molar-refractivity contribution in [1.82, 2.24) is 4.90 Å². The lowest BCUT2D eigenvalue weighted by Gasteiger charge is -2.16. The van der Waals surface area contributed by atoms with Gasteiger partial charge in [-0.3, -0.25) is 4.79 Å². The smallest absolute Gasteiger partial charge is 0.305 e. The standard InChI is InChI=1S/C16H26N2O2/c1-3-20-16(19)10-5-4-6-11-18(2)13-14-8-7-9-15(17)12-14/h7-9,12H,3-6,10-11,13,17H2,1-2H3. The van der Waals surface area contributed by atoms with Crippen LogP contribution in [0.4, 0.5) is 5.69 Å². The molecule has 0 aromatic heterocycles. The molecule has 0 saturated heterocycles. The predicted octanol–water partition coefficient (Wildman–Crippen LogP) is 2.82. The zero-order valence-corrected chi connectivity index (χ0v) is 12.6. The second kappa shape index (κ2) is 9.37. The van der Waals surface area contributed by atoms with E-state index in [1.165, 1.54) is 5.56 Å². The minimum Gasteiger partial charge on any atom is -0.466 e. The molecule has 0 atom stereocenters. The van der Waals surface area contributed by atoms with Gasteiger partial charge in [0.2, 0.25) is 0 Å². The highest BCUT2D eigenvalue weighted by molar-refractivity contribution is 5.69. The summed E-state index contributed by atoms with van der Waals surface area (Å²) in [6.45, 7) is 4.24. The summed E-state index contributed by atoms with van der Waals surface area (Å²) in [5.41, 5.74) is 7.81. The molecule has 4 heteroatoms. The van der Waals surface area contributed by atoms with Gasteiger partial charge in [-0.25, -0.2) is 0 Å². The van der Waals surface area contributed by atoms with Gasteiger partial charge in [-0.1, -0.05) is 18.6 Å². The highest BCUT2D eigenvalue weighted by Gasteiger charge is 2.03. The number of benzene rings is 1. The van der Waals surface area contributed by atoms with Gasteiger partial charge in [-0.2, -0.15) is 0 Å². The van der Waals surface area contributed by atoms with Crippen LogP contribution in [0.1, 0.15) is 38.2 Å². The molecule has 0 unspecified atom stereocenters. The van der Waals surface area contributed by atoms with E-state index in [0.717, 1.165) is 38.0 Å². The van der Waals surface area contributed by atoms with Gasteiger partial charge < -0.3 is 15.4 Å². The molecule has 20 heavy (non-hydrogen) atoms. The Balaban J connectivity index is 2.11. The van der Waals surface area contributed by atoms with Crippen molar-refractivity contribution in [3.8, 4) is 0 Å². The van der Waals surface area contributed by atoms with E-state index in [4.69, 9.17) is 10.5 Å². The monoisotopic (exact) mass is 278 g/mol. The van der Waals surface area contributed by atoms with Crippen molar-refractivity contribution in [3.63, 3.8) is 0 Å². The molecular weight excluding hydrogens is 252 g/mol. The molecule has 1 rings (SSSR count). The first kappa shape index (κ1) is 16.5. The number of hydrogen-bond acceptors (Lipinski definition) is 4. The fraction of sp³-hybridized carbons (Fsp3) is 0.562. The lowest BCUT2D eigenvalue weighted by atomic mass is 10.1. The fourth-order valence-electron chi connectivity index (χ4n) is 2.14. The SMILES string of the molecule is CCOC(=O)CCCCCN(C)Cc1cccc(N)c1. The number of carbonyl (C=O) groups is 1. The number of anilines is 1. The van der Waals surface area contributed by atoms with Crippen molar-refractivity contribution in [2.45, 2.75) is 39.2 Å². The van der Waals surface area contributed by atoms with Crippen LogP contribution in [-0.2, 0) is 16.1 Å². The van der Waals surface area contributed by atoms with Gasteiger partial charge in [0.15, 0.2) is 0 Å². The van der Waals surface area contributed by atoms with Gasteiger partial charge in [-0.15, -0.1) is 0 Å². The van der Waals surface area contributed by atoms with Crippen molar-refractivity contribution in [2.24, 2.45) is 0 Å². The maximum Gasteiger partial charge on any atom is 0.305 e. The number of unbranched alkanes of at least 4 members (excludes halogenated alkanes) is 2. The van der Waals surface area contributed by atoms with Crippen LogP contribution < -0.4 is 5.73 Å². The number of nitrogens with zero attached hydrogens (tertiary/aromatic N) is 1. The third-order valence-corrected chi connectivity index (χ3v) is 3.13. The van der Waals surface area contributed by atoms with Crippen LogP contribution in [0.25, 0.3) is 0 Å². The molecule has 0 spiro atoms. The highest BCUT2D eigenvalue weighted by atomic mass is 16.5. The number of ether oxygens (including phenoxy) is 1. The van der Waals surface area contributed by atoms with Crippen LogP contribution in [0.5, 0.6) is 0 Å². The summed E-state index contributed by atoms with van der Waals surface area (Å²) in [7, 11) is 2.11. The van der Waals surface area contributed by atoms with Crippen LogP contribution >= 0.6 is 0 Å². The molecule has 1 aromatic carbocycles. The normalized spacial score (nSPS) is 10.8. The summed E-state index contributed by atoms with van der Waals surface area (Å²) in [5, 5.41) is 0. The van der Waals surface area contributed by atoms with Crippen molar-refractivity contribution < 1.29 is 9.53 Å². The van der Waals surface area contributed by atoms with Crippen LogP contribution in [0.15, 0.2) is 24.3 Å². The zero-order valence-electron chi connectivity index (χ0n) is 12.6. The molecule has 0 aliphatic carbocycles. The fourth-order valence-corrected chi connectivity index (χ4v) is 2.14. The van der Waals surface area contributed by atoms with E-state index in [1.54, 1.807) is 0 Å². The van der Waals surface area contributed by atoms with Crippen molar-refractivity contribution in [1.29, 1.82) is 0 Å². The molecule has 2 N–H and O–H groups in total. The first-order valence-electron chi connectivity index (χ1n) is 7.30. The number of nitrogens with two attached hydrogens (primary N) is 1. The summed E-state index contributed by atoms with van der Waals surface area (Å²) >= 11 is 0. The molecule has 0 saturated carbocycles. The molecular formula is C16H26N2O2. The van der Waals surface area contributed by atoms with E-state index in [-0.39, 0.29) is 5.97 Å². The Hall–Kier alpha value is -1.55.